The first-order valence-electron chi connectivity index (χ1n) is 8.47. The average molecular weight is 355 g/mol. The Morgan fingerprint density at radius 2 is 1.00 bits per heavy atom. The Balaban J connectivity index is 3.28. The number of benzene rings is 1. The van der Waals surface area contributed by atoms with Crippen molar-refractivity contribution in [1.82, 2.24) is 0 Å². The van der Waals surface area contributed by atoms with Crippen LogP contribution >= 0.6 is 0 Å². The van der Waals surface area contributed by atoms with Crippen molar-refractivity contribution in [2.24, 2.45) is 17.8 Å². The Morgan fingerprint density at radius 3 is 1.32 bits per heavy atom. The maximum absolute atomic E-state index is 5.82. The Hall–Kier alpha value is -2.48. The fraction of sp³-hybridized carbons (Fsp3) is 0.429. The Kier molecular flexibility index (Phi) is 8.55. The highest BCUT2D eigenvalue weighted by Crippen LogP contribution is 2.10. The van der Waals surface area contributed by atoms with Crippen molar-refractivity contribution in [3.63, 3.8) is 0 Å². The normalized spacial score (nSPS) is 10.1. The van der Waals surface area contributed by atoms with Crippen LogP contribution in [0.1, 0.15) is 41.5 Å². The van der Waals surface area contributed by atoms with E-state index in [1.807, 2.05) is 71.9 Å². The van der Waals surface area contributed by atoms with Crippen LogP contribution in [0.25, 0.3) is 0 Å². The zero-order chi connectivity index (χ0) is 18.7. The summed E-state index contributed by atoms with van der Waals surface area (Å²) in [5, 5.41) is 0.768. The van der Waals surface area contributed by atoms with E-state index >= 15 is 0 Å². The minimum absolute atomic E-state index is 0.172. The van der Waals surface area contributed by atoms with Gasteiger partial charge in [0.15, 0.2) is 0 Å². The zero-order valence-corrected chi connectivity index (χ0v) is 16.8. The van der Waals surface area contributed by atoms with Gasteiger partial charge in [-0.3, -0.25) is 0 Å². The van der Waals surface area contributed by atoms with Crippen LogP contribution in [0, 0.1) is 53.8 Å². The zero-order valence-electron chi connectivity index (χ0n) is 15.8. The smallest absolute Gasteiger partial charge is 0.428 e. The van der Waals surface area contributed by atoms with Gasteiger partial charge < -0.3 is 13.3 Å². The number of rotatable bonds is 4. The molecule has 1 aromatic carbocycles. The van der Waals surface area contributed by atoms with Crippen molar-refractivity contribution in [3.05, 3.63) is 30.3 Å². The van der Waals surface area contributed by atoms with Crippen molar-refractivity contribution in [3.8, 4) is 36.1 Å². The molecule has 1 aromatic rings. The van der Waals surface area contributed by atoms with Gasteiger partial charge in [-0.25, -0.2) is 0 Å². The fourth-order valence-corrected chi connectivity index (χ4v) is 3.18. The fourth-order valence-electron chi connectivity index (χ4n) is 1.53. The summed E-state index contributed by atoms with van der Waals surface area (Å²) < 4.78 is 17.5. The van der Waals surface area contributed by atoms with Crippen LogP contribution < -0.4 is 5.19 Å². The van der Waals surface area contributed by atoms with Crippen molar-refractivity contribution in [1.29, 1.82) is 0 Å². The summed E-state index contributed by atoms with van der Waals surface area (Å²) in [6, 6.07) is 9.49. The molecule has 0 unspecified atom stereocenters. The van der Waals surface area contributed by atoms with Crippen molar-refractivity contribution < 1.29 is 13.3 Å². The van der Waals surface area contributed by atoms with Crippen LogP contribution in [0.4, 0.5) is 0 Å². The molecule has 0 heterocycles. The third-order valence-electron chi connectivity index (χ3n) is 2.73. The molecule has 25 heavy (non-hydrogen) atoms. The molecular weight excluding hydrogens is 328 g/mol. The third-order valence-corrected chi connectivity index (χ3v) is 4.88. The first-order valence-corrected chi connectivity index (χ1v) is 10.2. The molecule has 0 aliphatic rings. The van der Waals surface area contributed by atoms with Gasteiger partial charge in [-0.05, 0) is 0 Å². The van der Waals surface area contributed by atoms with Gasteiger partial charge >= 0.3 is 8.80 Å². The SMILES string of the molecule is CC(C)C#CO[Si](OC#CC(C)C)(OC#CC(C)C)c1ccccc1. The number of hydrogen-bond acceptors (Lipinski definition) is 3. The van der Waals surface area contributed by atoms with E-state index in [0.29, 0.717) is 0 Å². The van der Waals surface area contributed by atoms with Gasteiger partial charge in [0.25, 0.3) is 0 Å². The van der Waals surface area contributed by atoms with E-state index in [4.69, 9.17) is 13.3 Å². The van der Waals surface area contributed by atoms with Gasteiger partial charge in [0, 0.05) is 17.8 Å². The molecule has 132 valence electrons. The highest BCUT2D eigenvalue weighted by atomic mass is 28.4. The highest BCUT2D eigenvalue weighted by molar-refractivity contribution is 6.76. The summed E-state index contributed by atoms with van der Waals surface area (Å²) in [6.45, 7) is 11.9. The molecule has 0 saturated carbocycles. The van der Waals surface area contributed by atoms with Gasteiger partial charge in [0.05, 0.1) is 5.19 Å². The molecule has 0 bridgehead atoms. The molecular formula is C21H26O3Si. The minimum Gasteiger partial charge on any atom is -0.428 e. The standard InChI is InChI=1S/C21H26O3Si/c1-18(2)12-15-22-25(23-16-13-19(3)4,24-17-14-20(5)6)21-10-8-7-9-11-21/h7-11,18-20H,1-6H3. The Bertz CT molecular complexity index is 635. The van der Waals surface area contributed by atoms with Gasteiger partial charge in [0.1, 0.15) is 18.3 Å². The molecule has 0 atom stereocenters. The minimum atomic E-state index is -3.39. The summed E-state index contributed by atoms with van der Waals surface area (Å²) in [7, 11) is -3.39. The van der Waals surface area contributed by atoms with Crippen LogP contribution in [0.5, 0.6) is 0 Å². The second-order valence-electron chi connectivity index (χ2n) is 6.43. The molecule has 0 spiro atoms. The largest absolute Gasteiger partial charge is 0.762 e. The predicted octanol–water partition coefficient (Wildman–Crippen LogP) is 3.73. The van der Waals surface area contributed by atoms with E-state index in [1.54, 1.807) is 0 Å². The molecule has 0 N–H and O–H groups in total. The molecule has 1 rings (SSSR count). The maximum Gasteiger partial charge on any atom is 0.762 e. The lowest BCUT2D eigenvalue weighted by Crippen LogP contribution is -2.54. The lowest BCUT2D eigenvalue weighted by Gasteiger charge is -2.21. The molecule has 3 nitrogen and oxygen atoms in total. The summed E-state index contributed by atoms with van der Waals surface area (Å²) in [5.74, 6) is 9.44. The quantitative estimate of drug-likeness (QED) is 0.609. The van der Waals surface area contributed by atoms with Crippen LogP contribution in [0.2, 0.25) is 0 Å². The topological polar surface area (TPSA) is 27.7 Å². The van der Waals surface area contributed by atoms with E-state index in [-0.39, 0.29) is 17.8 Å². The molecule has 0 aliphatic carbocycles. The Labute approximate surface area is 153 Å². The van der Waals surface area contributed by atoms with E-state index in [9.17, 15) is 0 Å². The molecule has 0 aromatic heterocycles. The second-order valence-corrected chi connectivity index (χ2v) is 8.73. The molecule has 4 heteroatoms. The van der Waals surface area contributed by atoms with Crippen molar-refractivity contribution in [2.75, 3.05) is 0 Å². The first kappa shape index (κ1) is 20.6. The molecule has 0 aliphatic heterocycles. The first-order chi connectivity index (χ1) is 11.9. The van der Waals surface area contributed by atoms with E-state index in [2.05, 4.69) is 36.1 Å². The van der Waals surface area contributed by atoms with Crippen LogP contribution in [-0.4, -0.2) is 8.80 Å². The molecule has 0 saturated heterocycles. The van der Waals surface area contributed by atoms with E-state index in [0.717, 1.165) is 5.19 Å². The van der Waals surface area contributed by atoms with Crippen molar-refractivity contribution in [2.45, 2.75) is 41.5 Å². The third kappa shape index (κ3) is 7.75. The predicted molar refractivity (Wildman–Crippen MR) is 103 cm³/mol. The lowest BCUT2D eigenvalue weighted by atomic mass is 10.2. The Morgan fingerprint density at radius 1 is 0.640 bits per heavy atom. The average Bonchev–Trinajstić information content (AvgIpc) is 2.54. The van der Waals surface area contributed by atoms with Gasteiger partial charge in [0.2, 0.25) is 0 Å². The summed E-state index contributed by atoms with van der Waals surface area (Å²) in [6.07, 6.45) is 8.18. The van der Waals surface area contributed by atoms with Gasteiger partial charge in [-0.15, -0.1) is 0 Å². The molecule has 0 radical (unpaired) electrons. The second kappa shape index (κ2) is 10.4. The van der Waals surface area contributed by atoms with Crippen LogP contribution in [0.3, 0.4) is 0 Å². The number of hydrogen-bond donors (Lipinski definition) is 0. The molecule has 0 amide bonds. The summed E-state index contributed by atoms with van der Waals surface area (Å²) in [4.78, 5) is 0. The van der Waals surface area contributed by atoms with E-state index in [1.165, 1.54) is 0 Å². The monoisotopic (exact) mass is 354 g/mol. The van der Waals surface area contributed by atoms with Crippen LogP contribution in [0.15, 0.2) is 30.3 Å². The summed E-state index contributed by atoms with van der Waals surface area (Å²) in [5.41, 5.74) is 0. The summed E-state index contributed by atoms with van der Waals surface area (Å²) >= 11 is 0. The van der Waals surface area contributed by atoms with Gasteiger partial charge in [-0.2, -0.15) is 0 Å². The van der Waals surface area contributed by atoms with Gasteiger partial charge in [-0.1, -0.05) is 89.6 Å². The maximum atomic E-state index is 5.82. The van der Waals surface area contributed by atoms with Crippen LogP contribution in [-0.2, 0) is 13.3 Å². The van der Waals surface area contributed by atoms with Crippen molar-refractivity contribution >= 4 is 14.0 Å². The lowest BCUT2D eigenvalue weighted by molar-refractivity contribution is 0.230. The highest BCUT2D eigenvalue weighted by Gasteiger charge is 2.51. The molecule has 0 fully saturated rings. The van der Waals surface area contributed by atoms with E-state index < -0.39 is 8.80 Å².